The van der Waals surface area contributed by atoms with E-state index in [-0.39, 0.29) is 0 Å². The first-order chi connectivity index (χ1) is 8.78. The smallest absolute Gasteiger partial charge is 0.119 e. The summed E-state index contributed by atoms with van der Waals surface area (Å²) in [4.78, 5) is 0. The number of rotatable bonds is 8. The van der Waals surface area contributed by atoms with Crippen LogP contribution in [-0.4, -0.2) is 19.2 Å². The van der Waals surface area contributed by atoms with Gasteiger partial charge in [-0.15, -0.1) is 0 Å². The molecule has 2 nitrogen and oxygen atoms in total. The van der Waals surface area contributed by atoms with E-state index in [0.717, 1.165) is 29.8 Å². The lowest BCUT2D eigenvalue weighted by Gasteiger charge is -2.19. The molecule has 1 saturated carbocycles. The molecule has 0 spiro atoms. The van der Waals surface area contributed by atoms with Gasteiger partial charge in [-0.05, 0) is 49.6 Å². The van der Waals surface area contributed by atoms with Gasteiger partial charge in [0.25, 0.3) is 0 Å². The van der Waals surface area contributed by atoms with Gasteiger partial charge in [-0.2, -0.15) is 0 Å². The van der Waals surface area contributed by atoms with Crippen molar-refractivity contribution in [2.75, 3.05) is 13.2 Å². The summed E-state index contributed by atoms with van der Waals surface area (Å²) < 4.78 is 5.83. The van der Waals surface area contributed by atoms with Crippen molar-refractivity contribution in [1.29, 1.82) is 0 Å². The van der Waals surface area contributed by atoms with Gasteiger partial charge in [0.1, 0.15) is 12.4 Å². The van der Waals surface area contributed by atoms with Crippen molar-refractivity contribution in [1.82, 2.24) is 5.32 Å². The zero-order valence-corrected chi connectivity index (χ0v) is 11.7. The zero-order chi connectivity index (χ0) is 12.8. The van der Waals surface area contributed by atoms with E-state index in [2.05, 4.69) is 12.2 Å². The Balaban J connectivity index is 1.77. The second kappa shape index (κ2) is 7.01. The third kappa shape index (κ3) is 4.87. The average Bonchev–Trinajstić information content (AvgIpc) is 3.18. The number of benzene rings is 1. The lowest BCUT2D eigenvalue weighted by molar-refractivity contribution is 0.252. The van der Waals surface area contributed by atoms with Crippen molar-refractivity contribution in [3.8, 4) is 5.75 Å². The molecule has 0 bridgehead atoms. The molecule has 0 aromatic heterocycles. The SMILES string of the molecule is CCCNC(COc1ccc(Cl)cc1)CC1CC1. The molecule has 0 aliphatic heterocycles. The van der Waals surface area contributed by atoms with E-state index in [0.29, 0.717) is 6.04 Å². The summed E-state index contributed by atoms with van der Waals surface area (Å²) in [5.74, 6) is 1.83. The average molecular weight is 268 g/mol. The normalized spacial score (nSPS) is 16.6. The molecule has 3 heteroatoms. The minimum atomic E-state index is 0.480. The Morgan fingerprint density at radius 1 is 1.33 bits per heavy atom. The van der Waals surface area contributed by atoms with Crippen LogP contribution in [0.15, 0.2) is 24.3 Å². The predicted molar refractivity (Wildman–Crippen MR) is 76.4 cm³/mol. The van der Waals surface area contributed by atoms with Crippen molar-refractivity contribution in [3.05, 3.63) is 29.3 Å². The van der Waals surface area contributed by atoms with Crippen LogP contribution in [0.1, 0.15) is 32.6 Å². The molecule has 1 aliphatic rings. The van der Waals surface area contributed by atoms with Crippen LogP contribution < -0.4 is 10.1 Å². The molecule has 1 aromatic carbocycles. The number of hydrogen-bond acceptors (Lipinski definition) is 2. The Morgan fingerprint density at radius 3 is 2.67 bits per heavy atom. The Labute approximate surface area is 115 Å². The number of ether oxygens (including phenoxy) is 1. The molecule has 1 N–H and O–H groups in total. The molecule has 0 amide bonds. The summed E-state index contributed by atoms with van der Waals surface area (Å²) >= 11 is 5.85. The molecular weight excluding hydrogens is 246 g/mol. The predicted octanol–water partition coefficient (Wildman–Crippen LogP) is 3.89. The van der Waals surface area contributed by atoms with Crippen LogP contribution >= 0.6 is 11.6 Å². The third-order valence-electron chi connectivity index (χ3n) is 3.26. The highest BCUT2D eigenvalue weighted by atomic mass is 35.5. The fourth-order valence-electron chi connectivity index (χ4n) is 2.04. The van der Waals surface area contributed by atoms with Gasteiger partial charge >= 0.3 is 0 Å². The minimum absolute atomic E-state index is 0.480. The Bertz CT molecular complexity index is 348. The van der Waals surface area contributed by atoms with Crippen LogP contribution in [0.5, 0.6) is 5.75 Å². The summed E-state index contributed by atoms with van der Waals surface area (Å²) in [6.07, 6.45) is 5.20. The van der Waals surface area contributed by atoms with Crippen molar-refractivity contribution < 1.29 is 4.74 Å². The molecule has 2 rings (SSSR count). The number of halogens is 1. The fraction of sp³-hybridized carbons (Fsp3) is 0.600. The molecule has 18 heavy (non-hydrogen) atoms. The third-order valence-corrected chi connectivity index (χ3v) is 3.51. The van der Waals surface area contributed by atoms with E-state index >= 15 is 0 Å². The first kappa shape index (κ1) is 13.7. The maximum atomic E-state index is 5.85. The Kier molecular flexibility index (Phi) is 5.33. The Morgan fingerprint density at radius 2 is 2.06 bits per heavy atom. The monoisotopic (exact) mass is 267 g/mol. The van der Waals surface area contributed by atoms with Gasteiger partial charge < -0.3 is 10.1 Å². The lowest BCUT2D eigenvalue weighted by atomic mass is 10.1. The maximum Gasteiger partial charge on any atom is 0.119 e. The van der Waals surface area contributed by atoms with Gasteiger partial charge in [-0.25, -0.2) is 0 Å². The molecule has 0 radical (unpaired) electrons. The molecule has 1 fully saturated rings. The van der Waals surface area contributed by atoms with E-state index < -0.39 is 0 Å². The van der Waals surface area contributed by atoms with E-state index in [1.165, 1.54) is 25.7 Å². The van der Waals surface area contributed by atoms with Crippen molar-refractivity contribution in [3.63, 3.8) is 0 Å². The van der Waals surface area contributed by atoms with E-state index in [4.69, 9.17) is 16.3 Å². The van der Waals surface area contributed by atoms with E-state index in [1.54, 1.807) is 0 Å². The first-order valence-corrected chi connectivity index (χ1v) is 7.27. The highest BCUT2D eigenvalue weighted by Gasteiger charge is 2.25. The van der Waals surface area contributed by atoms with Gasteiger partial charge in [0.15, 0.2) is 0 Å². The highest BCUT2D eigenvalue weighted by Crippen LogP contribution is 2.33. The van der Waals surface area contributed by atoms with E-state index in [9.17, 15) is 0 Å². The summed E-state index contributed by atoms with van der Waals surface area (Å²) in [6.45, 7) is 4.01. The van der Waals surface area contributed by atoms with Gasteiger partial charge in [-0.3, -0.25) is 0 Å². The summed E-state index contributed by atoms with van der Waals surface area (Å²) in [7, 11) is 0. The summed E-state index contributed by atoms with van der Waals surface area (Å²) in [6, 6.07) is 8.07. The zero-order valence-electron chi connectivity index (χ0n) is 11.0. The maximum absolute atomic E-state index is 5.85. The number of nitrogens with one attached hydrogen (secondary N) is 1. The summed E-state index contributed by atoms with van der Waals surface area (Å²) in [5.41, 5.74) is 0. The molecule has 1 aromatic rings. The van der Waals surface area contributed by atoms with Crippen molar-refractivity contribution in [2.24, 2.45) is 5.92 Å². The lowest BCUT2D eigenvalue weighted by Crippen LogP contribution is -2.35. The van der Waals surface area contributed by atoms with Gasteiger partial charge in [0.05, 0.1) is 0 Å². The molecule has 1 atom stereocenters. The molecule has 1 unspecified atom stereocenters. The quantitative estimate of drug-likeness (QED) is 0.772. The topological polar surface area (TPSA) is 21.3 Å². The first-order valence-electron chi connectivity index (χ1n) is 6.89. The van der Waals surface area contributed by atoms with Crippen LogP contribution in [0.3, 0.4) is 0 Å². The largest absolute Gasteiger partial charge is 0.492 e. The van der Waals surface area contributed by atoms with Crippen molar-refractivity contribution >= 4 is 11.6 Å². The fourth-order valence-corrected chi connectivity index (χ4v) is 2.17. The van der Waals surface area contributed by atoms with Crippen molar-refractivity contribution in [2.45, 2.75) is 38.6 Å². The molecule has 0 saturated heterocycles. The van der Waals surface area contributed by atoms with Gasteiger partial charge in [0, 0.05) is 11.1 Å². The van der Waals surface area contributed by atoms with Gasteiger partial charge in [0.2, 0.25) is 0 Å². The number of hydrogen-bond donors (Lipinski definition) is 1. The van der Waals surface area contributed by atoms with Crippen LogP contribution in [-0.2, 0) is 0 Å². The Hall–Kier alpha value is -0.730. The van der Waals surface area contributed by atoms with Crippen LogP contribution in [0.25, 0.3) is 0 Å². The highest BCUT2D eigenvalue weighted by molar-refractivity contribution is 6.30. The van der Waals surface area contributed by atoms with Crippen LogP contribution in [0, 0.1) is 5.92 Å². The van der Waals surface area contributed by atoms with E-state index in [1.807, 2.05) is 24.3 Å². The molecule has 1 aliphatic carbocycles. The second-order valence-electron chi connectivity index (χ2n) is 5.10. The standard InChI is InChI=1S/C15H22ClNO/c1-2-9-17-14(10-12-3-4-12)11-18-15-7-5-13(16)6-8-15/h5-8,12,14,17H,2-4,9-11H2,1H3. The molecule has 100 valence electrons. The van der Waals surface area contributed by atoms with Crippen LogP contribution in [0.4, 0.5) is 0 Å². The van der Waals surface area contributed by atoms with Crippen LogP contribution in [0.2, 0.25) is 5.02 Å². The second-order valence-corrected chi connectivity index (χ2v) is 5.53. The minimum Gasteiger partial charge on any atom is -0.492 e. The molecular formula is C15H22ClNO. The molecule has 0 heterocycles. The van der Waals surface area contributed by atoms with Gasteiger partial charge in [-0.1, -0.05) is 31.4 Å². The summed E-state index contributed by atoms with van der Waals surface area (Å²) in [5, 5.41) is 4.32.